The summed E-state index contributed by atoms with van der Waals surface area (Å²) in [5.74, 6) is -1.24. The maximum absolute atomic E-state index is 12.5. The zero-order chi connectivity index (χ0) is 13.3. The lowest BCUT2D eigenvalue weighted by Crippen LogP contribution is -1.94. The Bertz CT molecular complexity index is 598. The minimum atomic E-state index is -2.65. The molecule has 0 unspecified atom stereocenters. The summed E-state index contributed by atoms with van der Waals surface area (Å²) < 4.78 is 29.9. The first-order chi connectivity index (χ1) is 8.49. The number of aromatic carboxylic acids is 1. The van der Waals surface area contributed by atoms with E-state index in [1.807, 2.05) is 0 Å². The number of aromatic nitrogens is 1. The van der Waals surface area contributed by atoms with Gasteiger partial charge in [0.05, 0.1) is 5.02 Å². The molecule has 0 aliphatic rings. The molecule has 0 aliphatic heterocycles. The fraction of sp³-hybridized carbons (Fsp3) is 0.0909. The minimum absolute atomic E-state index is 0.0277. The van der Waals surface area contributed by atoms with Crippen LogP contribution in [0.25, 0.3) is 11.3 Å². The summed E-state index contributed by atoms with van der Waals surface area (Å²) in [5, 5.41) is 12.1. The fourth-order valence-corrected chi connectivity index (χ4v) is 1.58. The van der Waals surface area contributed by atoms with Crippen molar-refractivity contribution in [3.8, 4) is 11.3 Å². The van der Waals surface area contributed by atoms with Crippen LogP contribution in [0, 0.1) is 0 Å². The second-order valence-electron chi connectivity index (χ2n) is 3.42. The number of hydrogen-bond donors (Lipinski definition) is 1. The predicted octanol–water partition coefficient (Wildman–Crippen LogP) is 3.63. The average Bonchev–Trinajstić information content (AvgIpc) is 2.78. The van der Waals surface area contributed by atoms with Crippen LogP contribution in [-0.2, 0) is 0 Å². The van der Waals surface area contributed by atoms with E-state index in [1.54, 1.807) is 0 Å². The zero-order valence-corrected chi connectivity index (χ0v) is 9.49. The van der Waals surface area contributed by atoms with E-state index in [-0.39, 0.29) is 27.6 Å². The van der Waals surface area contributed by atoms with Crippen LogP contribution in [0.5, 0.6) is 0 Å². The number of benzene rings is 1. The van der Waals surface area contributed by atoms with Crippen molar-refractivity contribution in [1.29, 1.82) is 0 Å². The normalized spacial score (nSPS) is 10.9. The van der Waals surface area contributed by atoms with Crippen molar-refractivity contribution in [2.45, 2.75) is 6.43 Å². The molecule has 0 saturated carbocycles. The van der Waals surface area contributed by atoms with E-state index in [0.29, 0.717) is 0 Å². The van der Waals surface area contributed by atoms with E-state index in [1.165, 1.54) is 12.1 Å². The quantitative estimate of drug-likeness (QED) is 0.927. The molecule has 0 atom stereocenters. The highest BCUT2D eigenvalue weighted by Crippen LogP contribution is 2.32. The molecule has 1 aromatic heterocycles. The van der Waals surface area contributed by atoms with Crippen LogP contribution in [0.3, 0.4) is 0 Å². The van der Waals surface area contributed by atoms with Gasteiger partial charge in [-0.1, -0.05) is 22.8 Å². The lowest BCUT2D eigenvalue weighted by molar-refractivity contribution is 0.0686. The summed E-state index contributed by atoms with van der Waals surface area (Å²) >= 11 is 5.84. The Morgan fingerprint density at radius 3 is 2.67 bits per heavy atom. The minimum Gasteiger partial charge on any atom is -0.476 e. The van der Waals surface area contributed by atoms with Gasteiger partial charge in [0.25, 0.3) is 6.43 Å². The Hall–Kier alpha value is -1.95. The summed E-state index contributed by atoms with van der Waals surface area (Å²) in [4.78, 5) is 10.6. The summed E-state index contributed by atoms with van der Waals surface area (Å²) in [7, 11) is 0. The van der Waals surface area contributed by atoms with Crippen LogP contribution < -0.4 is 0 Å². The van der Waals surface area contributed by atoms with Crippen LogP contribution in [0.1, 0.15) is 22.5 Å². The molecule has 0 spiro atoms. The number of carbonyl (C=O) groups is 1. The van der Waals surface area contributed by atoms with Gasteiger partial charge >= 0.3 is 5.97 Å². The summed E-state index contributed by atoms with van der Waals surface area (Å²) in [6.07, 6.45) is -2.65. The molecule has 0 fully saturated rings. The fourth-order valence-electron chi connectivity index (χ4n) is 1.37. The smallest absolute Gasteiger partial charge is 0.358 e. The lowest BCUT2D eigenvalue weighted by atomic mass is 10.1. The number of hydrogen-bond acceptors (Lipinski definition) is 3. The first-order valence-corrected chi connectivity index (χ1v) is 5.15. The van der Waals surface area contributed by atoms with E-state index in [0.717, 1.165) is 12.1 Å². The average molecular weight is 274 g/mol. The molecule has 7 heteroatoms. The predicted molar refractivity (Wildman–Crippen MR) is 58.9 cm³/mol. The summed E-state index contributed by atoms with van der Waals surface area (Å²) in [6.45, 7) is 0. The number of alkyl halides is 2. The largest absolute Gasteiger partial charge is 0.476 e. The van der Waals surface area contributed by atoms with Gasteiger partial charge in [-0.15, -0.1) is 0 Å². The van der Waals surface area contributed by atoms with Gasteiger partial charge in [-0.2, -0.15) is 0 Å². The molecule has 0 saturated heterocycles. The molecule has 1 heterocycles. The van der Waals surface area contributed by atoms with Crippen molar-refractivity contribution in [1.82, 2.24) is 5.16 Å². The number of halogens is 3. The Kier molecular flexibility index (Phi) is 3.29. The van der Waals surface area contributed by atoms with Crippen LogP contribution in [0.2, 0.25) is 5.02 Å². The highest BCUT2D eigenvalue weighted by atomic mass is 35.5. The van der Waals surface area contributed by atoms with Crippen LogP contribution >= 0.6 is 11.6 Å². The SMILES string of the molecule is O=C(O)c1cc(-c2cc(C(F)F)ccc2Cl)on1. The Balaban J connectivity index is 2.48. The maximum Gasteiger partial charge on any atom is 0.358 e. The van der Waals surface area contributed by atoms with Gasteiger partial charge in [0.2, 0.25) is 0 Å². The second kappa shape index (κ2) is 4.73. The number of rotatable bonds is 3. The van der Waals surface area contributed by atoms with Crippen molar-refractivity contribution < 1.29 is 23.2 Å². The van der Waals surface area contributed by atoms with E-state index in [4.69, 9.17) is 21.2 Å². The molecule has 0 aliphatic carbocycles. The maximum atomic E-state index is 12.5. The molecule has 0 bridgehead atoms. The van der Waals surface area contributed by atoms with Gasteiger partial charge in [0.1, 0.15) is 0 Å². The second-order valence-corrected chi connectivity index (χ2v) is 3.83. The Morgan fingerprint density at radius 1 is 1.39 bits per heavy atom. The van der Waals surface area contributed by atoms with Gasteiger partial charge in [0.15, 0.2) is 11.5 Å². The van der Waals surface area contributed by atoms with Crippen molar-refractivity contribution in [3.63, 3.8) is 0 Å². The highest BCUT2D eigenvalue weighted by Gasteiger charge is 2.16. The molecular formula is C11H6ClF2NO3. The molecule has 4 nitrogen and oxygen atoms in total. The Labute approximate surface area is 105 Å². The molecule has 18 heavy (non-hydrogen) atoms. The number of nitrogens with zero attached hydrogens (tertiary/aromatic N) is 1. The van der Waals surface area contributed by atoms with Crippen molar-refractivity contribution in [2.75, 3.05) is 0 Å². The van der Waals surface area contributed by atoms with Gasteiger partial charge in [-0.3, -0.25) is 0 Å². The van der Waals surface area contributed by atoms with Gasteiger partial charge in [-0.05, 0) is 12.1 Å². The zero-order valence-electron chi connectivity index (χ0n) is 8.73. The molecule has 94 valence electrons. The van der Waals surface area contributed by atoms with E-state index < -0.39 is 12.4 Å². The molecular weight excluding hydrogens is 268 g/mol. The van der Waals surface area contributed by atoms with E-state index in [2.05, 4.69) is 5.16 Å². The Morgan fingerprint density at radius 2 is 2.11 bits per heavy atom. The van der Waals surface area contributed by atoms with Gasteiger partial charge < -0.3 is 9.63 Å². The number of carboxylic acid groups (broad SMARTS) is 1. The molecule has 1 N–H and O–H groups in total. The lowest BCUT2D eigenvalue weighted by Gasteiger charge is -2.03. The third kappa shape index (κ3) is 2.33. The molecule has 0 amide bonds. The monoisotopic (exact) mass is 273 g/mol. The van der Waals surface area contributed by atoms with Crippen molar-refractivity contribution in [2.24, 2.45) is 0 Å². The van der Waals surface area contributed by atoms with Gasteiger partial charge in [-0.25, -0.2) is 13.6 Å². The third-order valence-corrected chi connectivity index (χ3v) is 2.57. The van der Waals surface area contributed by atoms with E-state index in [9.17, 15) is 13.6 Å². The molecule has 0 radical (unpaired) electrons. The van der Waals surface area contributed by atoms with Crippen molar-refractivity contribution >= 4 is 17.6 Å². The number of carboxylic acids is 1. The first kappa shape index (κ1) is 12.5. The van der Waals surface area contributed by atoms with Gasteiger partial charge in [0, 0.05) is 17.2 Å². The topological polar surface area (TPSA) is 63.3 Å². The molecule has 1 aromatic carbocycles. The third-order valence-electron chi connectivity index (χ3n) is 2.24. The van der Waals surface area contributed by atoms with Crippen molar-refractivity contribution in [3.05, 3.63) is 40.5 Å². The highest BCUT2D eigenvalue weighted by molar-refractivity contribution is 6.33. The van der Waals surface area contributed by atoms with Crippen LogP contribution in [0.4, 0.5) is 8.78 Å². The van der Waals surface area contributed by atoms with E-state index >= 15 is 0 Å². The van der Waals surface area contributed by atoms with Crippen LogP contribution in [-0.4, -0.2) is 16.2 Å². The molecule has 2 aromatic rings. The summed E-state index contributed by atoms with van der Waals surface area (Å²) in [5.41, 5.74) is -0.374. The summed E-state index contributed by atoms with van der Waals surface area (Å²) in [6, 6.07) is 4.74. The first-order valence-electron chi connectivity index (χ1n) is 4.77. The van der Waals surface area contributed by atoms with Crippen LogP contribution in [0.15, 0.2) is 28.8 Å². The standard InChI is InChI=1S/C11H6ClF2NO3/c12-7-2-1-5(10(13)14)3-6(7)9-4-8(11(16)17)15-18-9/h1-4,10H,(H,16,17). The molecule has 2 rings (SSSR count).